The largest absolute Gasteiger partial charge is 0.134 e. The van der Waals surface area contributed by atoms with Gasteiger partial charge in [-0.3, -0.25) is 0 Å². The van der Waals surface area contributed by atoms with Crippen molar-refractivity contribution in [2.45, 2.75) is 34.1 Å². The molecule has 0 amide bonds. The predicted molar refractivity (Wildman–Crippen MR) is 51.3 cm³/mol. The highest BCUT2D eigenvalue weighted by atomic mass is 32.2. The fourth-order valence-electron chi connectivity index (χ4n) is 0.818. The highest BCUT2D eigenvalue weighted by Crippen LogP contribution is 2.17. The van der Waals surface area contributed by atoms with E-state index in [0.29, 0.717) is 0 Å². The first-order chi connectivity index (χ1) is 4.72. The molecule has 0 fully saturated rings. The summed E-state index contributed by atoms with van der Waals surface area (Å²) in [4.78, 5) is 0. The fraction of sp³-hybridized carbons (Fsp3) is 0.778. The van der Waals surface area contributed by atoms with Crippen molar-refractivity contribution in [1.29, 1.82) is 0 Å². The van der Waals surface area contributed by atoms with E-state index in [1.54, 1.807) is 5.57 Å². The average Bonchev–Trinajstić information content (AvgIpc) is 1.89. The zero-order valence-electron chi connectivity index (χ0n) is 7.48. The van der Waals surface area contributed by atoms with Crippen LogP contribution in [0.5, 0.6) is 0 Å². The van der Waals surface area contributed by atoms with Crippen LogP contribution < -0.4 is 0 Å². The molecule has 0 aliphatic heterocycles. The van der Waals surface area contributed by atoms with Gasteiger partial charge < -0.3 is 0 Å². The molecule has 0 saturated carbocycles. The van der Waals surface area contributed by atoms with E-state index in [1.807, 2.05) is 11.8 Å². The summed E-state index contributed by atoms with van der Waals surface area (Å²) in [5, 5.41) is 2.31. The minimum absolute atomic E-state index is 0.726. The summed E-state index contributed by atoms with van der Waals surface area (Å²) in [6.45, 7) is 8.92. The highest BCUT2D eigenvalue weighted by Gasteiger charge is 1.98. The summed E-state index contributed by atoms with van der Waals surface area (Å²) < 4.78 is 0. The zero-order valence-corrected chi connectivity index (χ0v) is 8.29. The fourth-order valence-corrected chi connectivity index (χ4v) is 1.64. The second-order valence-corrected chi connectivity index (χ2v) is 3.80. The normalized spacial score (nSPS) is 12.7. The van der Waals surface area contributed by atoms with Crippen LogP contribution in [0.1, 0.15) is 34.1 Å². The molecule has 1 heteroatoms. The molecule has 0 aromatic heterocycles. The molecule has 0 aliphatic carbocycles. The molecule has 0 aromatic carbocycles. The smallest absolute Gasteiger partial charge is 0.00545 e. The van der Waals surface area contributed by atoms with Crippen molar-refractivity contribution < 1.29 is 0 Å². The molecule has 0 nitrogen and oxygen atoms in total. The van der Waals surface area contributed by atoms with Gasteiger partial charge in [0.15, 0.2) is 0 Å². The molecule has 0 rings (SSSR count). The van der Waals surface area contributed by atoms with Crippen molar-refractivity contribution >= 4 is 11.8 Å². The Kier molecular flexibility index (Phi) is 5.90. The summed E-state index contributed by atoms with van der Waals surface area (Å²) in [6.07, 6.45) is 1.20. The Morgan fingerprint density at radius 2 is 2.00 bits per heavy atom. The van der Waals surface area contributed by atoms with Crippen molar-refractivity contribution in [2.75, 3.05) is 5.75 Å². The van der Waals surface area contributed by atoms with Crippen LogP contribution in [0.15, 0.2) is 11.0 Å². The molecule has 0 unspecified atom stereocenters. The number of allylic oxidation sites excluding steroid dienone is 1. The maximum absolute atomic E-state index is 2.31. The lowest BCUT2D eigenvalue weighted by Crippen LogP contribution is -1.90. The van der Waals surface area contributed by atoms with Gasteiger partial charge in [-0.15, -0.1) is 11.8 Å². The molecule has 0 N–H and O–H groups in total. The van der Waals surface area contributed by atoms with Crippen molar-refractivity contribution in [1.82, 2.24) is 0 Å². The van der Waals surface area contributed by atoms with Gasteiger partial charge >= 0.3 is 0 Å². The molecular formula is C9H18S. The van der Waals surface area contributed by atoms with E-state index in [2.05, 4.69) is 33.1 Å². The van der Waals surface area contributed by atoms with E-state index in [-0.39, 0.29) is 0 Å². The molecule has 0 aliphatic rings. The molecule has 10 heavy (non-hydrogen) atoms. The van der Waals surface area contributed by atoms with Gasteiger partial charge in [-0.1, -0.05) is 33.3 Å². The third-order valence-corrected chi connectivity index (χ3v) is 2.35. The lowest BCUT2D eigenvalue weighted by Gasteiger charge is -2.07. The van der Waals surface area contributed by atoms with Gasteiger partial charge in [-0.05, 0) is 23.5 Å². The molecule has 0 heterocycles. The number of thioether (sulfide) groups is 1. The molecule has 0 aromatic rings. The van der Waals surface area contributed by atoms with Crippen LogP contribution in [0.2, 0.25) is 0 Å². The minimum atomic E-state index is 0.726. The maximum atomic E-state index is 2.31. The van der Waals surface area contributed by atoms with Gasteiger partial charge in [0.2, 0.25) is 0 Å². The molecule has 0 spiro atoms. The lowest BCUT2D eigenvalue weighted by molar-refractivity contribution is 0.735. The summed E-state index contributed by atoms with van der Waals surface area (Å²) >= 11 is 1.91. The molecule has 0 bridgehead atoms. The van der Waals surface area contributed by atoms with Crippen LogP contribution in [-0.4, -0.2) is 5.75 Å². The average molecular weight is 158 g/mol. The van der Waals surface area contributed by atoms with Crippen LogP contribution in [0.4, 0.5) is 0 Å². The topological polar surface area (TPSA) is 0 Å². The van der Waals surface area contributed by atoms with Crippen molar-refractivity contribution in [3.05, 3.63) is 11.0 Å². The van der Waals surface area contributed by atoms with Crippen molar-refractivity contribution in [2.24, 2.45) is 5.92 Å². The second kappa shape index (κ2) is 5.84. The van der Waals surface area contributed by atoms with E-state index < -0.39 is 0 Å². The molecule has 0 saturated heterocycles. The van der Waals surface area contributed by atoms with Crippen LogP contribution >= 0.6 is 11.8 Å². The van der Waals surface area contributed by atoms with Gasteiger partial charge in [0, 0.05) is 0 Å². The number of rotatable bonds is 4. The third kappa shape index (κ3) is 3.99. The first kappa shape index (κ1) is 10.1. The Bertz CT molecular complexity index is 103. The summed E-state index contributed by atoms with van der Waals surface area (Å²) in [5.74, 6) is 1.92. The Hall–Kier alpha value is 0.0900. The Morgan fingerprint density at radius 3 is 2.30 bits per heavy atom. The minimum Gasteiger partial charge on any atom is -0.134 e. The number of hydrogen-bond donors (Lipinski definition) is 0. The SMILES string of the molecule is CCS/C=C(\CC)C(C)C. The van der Waals surface area contributed by atoms with Gasteiger partial charge in [-0.2, -0.15) is 0 Å². The van der Waals surface area contributed by atoms with Gasteiger partial charge in [0.25, 0.3) is 0 Å². The third-order valence-electron chi connectivity index (χ3n) is 1.55. The second-order valence-electron chi connectivity index (χ2n) is 2.66. The van der Waals surface area contributed by atoms with Crippen molar-refractivity contribution in [3.63, 3.8) is 0 Å². The summed E-state index contributed by atoms with van der Waals surface area (Å²) in [7, 11) is 0. The lowest BCUT2D eigenvalue weighted by atomic mass is 10.0. The molecule has 0 atom stereocenters. The summed E-state index contributed by atoms with van der Waals surface area (Å²) in [5.41, 5.74) is 1.58. The number of hydrogen-bond acceptors (Lipinski definition) is 1. The van der Waals surface area contributed by atoms with Crippen LogP contribution in [0, 0.1) is 5.92 Å². The first-order valence-electron chi connectivity index (χ1n) is 4.02. The highest BCUT2D eigenvalue weighted by molar-refractivity contribution is 8.02. The Balaban J connectivity index is 3.79. The Labute approximate surface area is 69.1 Å². The monoisotopic (exact) mass is 158 g/mol. The maximum Gasteiger partial charge on any atom is -0.00545 e. The van der Waals surface area contributed by atoms with Crippen molar-refractivity contribution in [3.8, 4) is 0 Å². The molecular weight excluding hydrogens is 140 g/mol. The van der Waals surface area contributed by atoms with E-state index in [9.17, 15) is 0 Å². The standard InChI is InChI=1S/C9H18S/c1-5-9(8(3)4)7-10-6-2/h7-8H,5-6H2,1-4H3/b9-7+. The quantitative estimate of drug-likeness (QED) is 0.601. The van der Waals surface area contributed by atoms with E-state index in [4.69, 9.17) is 0 Å². The molecule has 60 valence electrons. The van der Waals surface area contributed by atoms with Crippen LogP contribution in [-0.2, 0) is 0 Å². The Morgan fingerprint density at radius 1 is 1.40 bits per heavy atom. The molecule has 0 radical (unpaired) electrons. The van der Waals surface area contributed by atoms with E-state index >= 15 is 0 Å². The van der Waals surface area contributed by atoms with Crippen LogP contribution in [0.25, 0.3) is 0 Å². The zero-order chi connectivity index (χ0) is 7.98. The van der Waals surface area contributed by atoms with E-state index in [0.717, 1.165) is 5.92 Å². The predicted octanol–water partition coefficient (Wildman–Crippen LogP) is 3.69. The van der Waals surface area contributed by atoms with E-state index in [1.165, 1.54) is 12.2 Å². The first-order valence-corrected chi connectivity index (χ1v) is 5.07. The van der Waals surface area contributed by atoms with Gasteiger partial charge in [0.1, 0.15) is 0 Å². The van der Waals surface area contributed by atoms with Crippen LogP contribution in [0.3, 0.4) is 0 Å². The van der Waals surface area contributed by atoms with Gasteiger partial charge in [-0.25, -0.2) is 0 Å². The summed E-state index contributed by atoms with van der Waals surface area (Å²) in [6, 6.07) is 0. The van der Waals surface area contributed by atoms with Gasteiger partial charge in [0.05, 0.1) is 0 Å².